The molecule has 1 amide bonds. The van der Waals surface area contributed by atoms with Gasteiger partial charge in [0.2, 0.25) is 0 Å². The molecule has 0 radical (unpaired) electrons. The molecule has 0 fully saturated rings. The molecule has 3 nitrogen and oxygen atoms in total. The molecule has 7 heteroatoms. The average Bonchev–Trinajstić information content (AvgIpc) is 2.43. The highest BCUT2D eigenvalue weighted by atomic mass is 35.5. The molecule has 0 saturated heterocycles. The molecule has 2 aromatic rings. The number of carbonyl (C=O) groups excluding carboxylic acids is 1. The zero-order chi connectivity index (χ0) is 15.6. The molecule has 0 saturated carbocycles. The SMILES string of the molecule is NC(=S)c1cc(F)ccc1NC(=O)c1cccc(Cl)c1F. The summed E-state index contributed by atoms with van der Waals surface area (Å²) in [6.45, 7) is 0. The van der Waals surface area contributed by atoms with Crippen LogP contribution in [0.1, 0.15) is 15.9 Å². The van der Waals surface area contributed by atoms with Crippen molar-refractivity contribution < 1.29 is 13.6 Å². The smallest absolute Gasteiger partial charge is 0.258 e. The molecule has 0 heterocycles. The van der Waals surface area contributed by atoms with Crippen LogP contribution < -0.4 is 11.1 Å². The van der Waals surface area contributed by atoms with Gasteiger partial charge in [-0.2, -0.15) is 0 Å². The van der Waals surface area contributed by atoms with Gasteiger partial charge >= 0.3 is 0 Å². The quantitative estimate of drug-likeness (QED) is 0.849. The number of hydrogen-bond acceptors (Lipinski definition) is 2. The van der Waals surface area contributed by atoms with Crippen LogP contribution in [0, 0.1) is 11.6 Å². The number of hydrogen-bond donors (Lipinski definition) is 2. The van der Waals surface area contributed by atoms with Gasteiger partial charge in [0.25, 0.3) is 5.91 Å². The first-order chi connectivity index (χ1) is 9.90. The van der Waals surface area contributed by atoms with Crippen molar-refractivity contribution in [2.45, 2.75) is 0 Å². The normalized spacial score (nSPS) is 10.2. The summed E-state index contributed by atoms with van der Waals surface area (Å²) >= 11 is 10.4. The van der Waals surface area contributed by atoms with Crippen LogP contribution in [0.5, 0.6) is 0 Å². The lowest BCUT2D eigenvalue weighted by Crippen LogP contribution is -2.18. The van der Waals surface area contributed by atoms with Crippen molar-refractivity contribution in [3.63, 3.8) is 0 Å². The monoisotopic (exact) mass is 326 g/mol. The lowest BCUT2D eigenvalue weighted by molar-refractivity contribution is 0.102. The lowest BCUT2D eigenvalue weighted by atomic mass is 10.1. The molecule has 0 aliphatic rings. The third-order valence-electron chi connectivity index (χ3n) is 2.69. The number of nitrogens with two attached hydrogens (primary N) is 1. The molecule has 21 heavy (non-hydrogen) atoms. The molecule has 3 N–H and O–H groups in total. The van der Waals surface area contributed by atoms with Gasteiger partial charge in [-0.3, -0.25) is 4.79 Å². The average molecular weight is 327 g/mol. The second-order valence-corrected chi connectivity index (χ2v) is 4.96. The van der Waals surface area contributed by atoms with Gasteiger partial charge in [-0.1, -0.05) is 29.9 Å². The molecule has 0 bridgehead atoms. The molecule has 0 aliphatic carbocycles. The Morgan fingerprint density at radius 2 is 1.90 bits per heavy atom. The summed E-state index contributed by atoms with van der Waals surface area (Å²) < 4.78 is 27.0. The summed E-state index contributed by atoms with van der Waals surface area (Å²) in [7, 11) is 0. The molecular formula is C14H9ClF2N2OS. The highest BCUT2D eigenvalue weighted by Crippen LogP contribution is 2.21. The van der Waals surface area contributed by atoms with E-state index < -0.39 is 17.5 Å². The first kappa shape index (κ1) is 15.3. The Bertz CT molecular complexity index is 737. The number of benzene rings is 2. The van der Waals surface area contributed by atoms with E-state index in [1.807, 2.05) is 0 Å². The van der Waals surface area contributed by atoms with Gasteiger partial charge in [0.15, 0.2) is 5.82 Å². The van der Waals surface area contributed by atoms with Crippen LogP contribution in [-0.2, 0) is 0 Å². The van der Waals surface area contributed by atoms with Crippen LogP contribution >= 0.6 is 23.8 Å². The Kier molecular flexibility index (Phi) is 4.50. The third-order valence-corrected chi connectivity index (χ3v) is 3.20. The van der Waals surface area contributed by atoms with Crippen LogP contribution in [0.4, 0.5) is 14.5 Å². The maximum absolute atomic E-state index is 13.8. The van der Waals surface area contributed by atoms with Crippen molar-refractivity contribution in [2.75, 3.05) is 5.32 Å². The van der Waals surface area contributed by atoms with Crippen molar-refractivity contribution in [2.24, 2.45) is 5.73 Å². The number of rotatable bonds is 3. The third kappa shape index (κ3) is 3.34. The molecule has 0 aliphatic heterocycles. The Hall–Kier alpha value is -2.05. The van der Waals surface area contributed by atoms with Crippen LogP contribution in [0.15, 0.2) is 36.4 Å². The minimum absolute atomic E-state index is 0.0867. The number of nitrogens with one attached hydrogen (secondary N) is 1. The lowest BCUT2D eigenvalue weighted by Gasteiger charge is -2.11. The van der Waals surface area contributed by atoms with Crippen molar-refractivity contribution in [3.05, 3.63) is 64.2 Å². The van der Waals surface area contributed by atoms with Crippen LogP contribution in [0.3, 0.4) is 0 Å². The molecule has 0 atom stereocenters. The van der Waals surface area contributed by atoms with Gasteiger partial charge in [0.05, 0.1) is 16.3 Å². The van der Waals surface area contributed by atoms with E-state index in [0.717, 1.165) is 12.1 Å². The fourth-order valence-corrected chi connectivity index (χ4v) is 2.04. The van der Waals surface area contributed by atoms with E-state index in [0.29, 0.717) is 0 Å². The summed E-state index contributed by atoms with van der Waals surface area (Å²) in [6.07, 6.45) is 0. The summed E-state index contributed by atoms with van der Waals surface area (Å²) in [4.78, 5) is 12.0. The predicted molar refractivity (Wildman–Crippen MR) is 81.7 cm³/mol. The van der Waals surface area contributed by atoms with E-state index in [1.165, 1.54) is 24.3 Å². The van der Waals surface area contributed by atoms with Crippen LogP contribution in [0.2, 0.25) is 5.02 Å². The summed E-state index contributed by atoms with van der Waals surface area (Å²) in [5, 5.41) is 2.26. The Morgan fingerprint density at radius 3 is 2.57 bits per heavy atom. The van der Waals surface area contributed by atoms with E-state index in [9.17, 15) is 13.6 Å². The van der Waals surface area contributed by atoms with E-state index in [4.69, 9.17) is 29.6 Å². The number of halogens is 3. The number of carbonyl (C=O) groups is 1. The summed E-state index contributed by atoms with van der Waals surface area (Å²) in [6, 6.07) is 7.56. The second kappa shape index (κ2) is 6.15. The number of amides is 1. The molecule has 0 spiro atoms. The van der Waals surface area contributed by atoms with Gasteiger partial charge in [-0.15, -0.1) is 0 Å². The topological polar surface area (TPSA) is 55.1 Å². The molecule has 108 valence electrons. The van der Waals surface area contributed by atoms with Crippen molar-refractivity contribution in [1.82, 2.24) is 0 Å². The van der Waals surface area contributed by atoms with Crippen molar-refractivity contribution >= 4 is 40.4 Å². The fourth-order valence-electron chi connectivity index (χ4n) is 1.70. The van der Waals surface area contributed by atoms with Gasteiger partial charge in [-0.25, -0.2) is 8.78 Å². The molecule has 0 aromatic heterocycles. The van der Waals surface area contributed by atoms with Crippen molar-refractivity contribution in [3.8, 4) is 0 Å². The highest BCUT2D eigenvalue weighted by Gasteiger charge is 2.16. The first-order valence-electron chi connectivity index (χ1n) is 5.75. The highest BCUT2D eigenvalue weighted by molar-refractivity contribution is 7.80. The Balaban J connectivity index is 2.36. The zero-order valence-corrected chi connectivity index (χ0v) is 12.1. The largest absolute Gasteiger partial charge is 0.389 e. The molecular weight excluding hydrogens is 318 g/mol. The molecule has 2 aromatic carbocycles. The predicted octanol–water partition coefficient (Wildman–Crippen LogP) is 3.50. The minimum Gasteiger partial charge on any atom is -0.389 e. The van der Waals surface area contributed by atoms with Gasteiger partial charge in [-0.05, 0) is 30.3 Å². The Labute approximate surface area is 129 Å². The maximum Gasteiger partial charge on any atom is 0.258 e. The van der Waals surface area contributed by atoms with Gasteiger partial charge in [0.1, 0.15) is 10.8 Å². The van der Waals surface area contributed by atoms with E-state index in [1.54, 1.807) is 0 Å². The summed E-state index contributed by atoms with van der Waals surface area (Å²) in [5.41, 5.74) is 5.58. The number of thiocarbonyl (C=S) groups is 1. The Morgan fingerprint density at radius 1 is 1.19 bits per heavy atom. The van der Waals surface area contributed by atoms with Crippen LogP contribution in [0.25, 0.3) is 0 Å². The minimum atomic E-state index is -0.837. The van der Waals surface area contributed by atoms with Gasteiger partial charge in [0, 0.05) is 5.56 Å². The maximum atomic E-state index is 13.8. The molecule has 0 unspecified atom stereocenters. The summed E-state index contributed by atoms with van der Waals surface area (Å²) in [5.74, 6) is -2.13. The zero-order valence-electron chi connectivity index (χ0n) is 10.5. The standard InChI is InChI=1S/C14H9ClF2N2OS/c15-10-3-1-2-8(12(10)17)14(20)19-11-5-4-7(16)6-9(11)13(18)21/h1-6H,(H2,18,21)(H,19,20). The van der Waals surface area contributed by atoms with Gasteiger partial charge < -0.3 is 11.1 Å². The van der Waals surface area contributed by atoms with Crippen LogP contribution in [-0.4, -0.2) is 10.9 Å². The van der Waals surface area contributed by atoms with E-state index >= 15 is 0 Å². The molecule has 2 rings (SSSR count). The fraction of sp³-hybridized carbons (Fsp3) is 0. The van der Waals surface area contributed by atoms with E-state index in [2.05, 4.69) is 5.32 Å². The first-order valence-corrected chi connectivity index (χ1v) is 6.53. The number of anilines is 1. The van der Waals surface area contributed by atoms with Crippen molar-refractivity contribution in [1.29, 1.82) is 0 Å². The second-order valence-electron chi connectivity index (χ2n) is 4.11. The van der Waals surface area contributed by atoms with E-state index in [-0.39, 0.29) is 26.8 Å².